The number of ketones is 1. The van der Waals surface area contributed by atoms with Crippen LogP contribution in [0.25, 0.3) is 5.70 Å². The van der Waals surface area contributed by atoms with Gasteiger partial charge in [-0.05, 0) is 24.6 Å². The summed E-state index contributed by atoms with van der Waals surface area (Å²) in [4.78, 5) is 38.4. The van der Waals surface area contributed by atoms with Gasteiger partial charge in [0.25, 0.3) is 17.4 Å². The lowest BCUT2D eigenvalue weighted by Gasteiger charge is -2.24. The number of anilines is 1. The van der Waals surface area contributed by atoms with Crippen molar-refractivity contribution in [3.8, 4) is 6.07 Å². The molecule has 0 aromatic heterocycles. The lowest BCUT2D eigenvalue weighted by molar-refractivity contribution is -0.384. The quantitative estimate of drug-likeness (QED) is 0.195. The van der Waals surface area contributed by atoms with E-state index in [1.54, 1.807) is 30.3 Å². The zero-order valence-corrected chi connectivity index (χ0v) is 18.3. The molecule has 0 radical (unpaired) electrons. The molecule has 0 spiro atoms. The lowest BCUT2D eigenvalue weighted by atomic mass is 9.93. The fourth-order valence-corrected chi connectivity index (χ4v) is 3.97. The monoisotopic (exact) mass is 452 g/mol. The van der Waals surface area contributed by atoms with Crippen LogP contribution in [0.3, 0.4) is 0 Å². The van der Waals surface area contributed by atoms with Crippen LogP contribution in [0.4, 0.5) is 11.4 Å². The predicted molar refractivity (Wildman–Crippen MR) is 126 cm³/mol. The van der Waals surface area contributed by atoms with Crippen LogP contribution in [0.2, 0.25) is 0 Å². The summed E-state index contributed by atoms with van der Waals surface area (Å²) in [6.45, 7) is 1.66. The van der Waals surface area contributed by atoms with E-state index in [0.29, 0.717) is 16.8 Å². The maximum absolute atomic E-state index is 13.3. The molecule has 0 aliphatic carbocycles. The summed E-state index contributed by atoms with van der Waals surface area (Å²) in [5.74, 6) is -1.55. The van der Waals surface area contributed by atoms with Gasteiger partial charge in [0.15, 0.2) is 0 Å². The van der Waals surface area contributed by atoms with E-state index in [9.17, 15) is 25.0 Å². The van der Waals surface area contributed by atoms with E-state index >= 15 is 0 Å². The van der Waals surface area contributed by atoms with Crippen molar-refractivity contribution in [3.63, 3.8) is 0 Å². The number of likely N-dealkylation sites (tertiary alicyclic amines) is 1. The minimum Gasteiger partial charge on any atom is -0.355 e. The van der Waals surface area contributed by atoms with Crippen molar-refractivity contribution >= 4 is 28.8 Å². The van der Waals surface area contributed by atoms with Crippen LogP contribution in [0.1, 0.15) is 22.7 Å². The minimum absolute atomic E-state index is 0.132. The zero-order chi connectivity index (χ0) is 24.2. The first-order valence-electron chi connectivity index (χ1n) is 10.5. The molecule has 3 aromatic rings. The number of carbonyl (C=O) groups excluding carboxylic acids is 2. The van der Waals surface area contributed by atoms with Crippen molar-refractivity contribution < 1.29 is 14.5 Å². The molecule has 1 saturated heterocycles. The Morgan fingerprint density at radius 2 is 1.76 bits per heavy atom. The Morgan fingerprint density at radius 1 is 1.06 bits per heavy atom. The molecular formula is C26H20N4O4. The highest BCUT2D eigenvalue weighted by Crippen LogP contribution is 2.40. The molecule has 4 rings (SSSR count). The van der Waals surface area contributed by atoms with Crippen LogP contribution < -0.4 is 5.32 Å². The maximum atomic E-state index is 13.3. The van der Waals surface area contributed by atoms with Gasteiger partial charge in [-0.1, -0.05) is 60.2 Å². The Morgan fingerprint density at radius 3 is 2.41 bits per heavy atom. The van der Waals surface area contributed by atoms with Gasteiger partial charge in [0.1, 0.15) is 6.54 Å². The summed E-state index contributed by atoms with van der Waals surface area (Å²) in [7, 11) is 0. The van der Waals surface area contributed by atoms with E-state index in [2.05, 4.69) is 5.32 Å². The van der Waals surface area contributed by atoms with E-state index in [0.717, 1.165) is 5.56 Å². The second-order valence-corrected chi connectivity index (χ2v) is 7.82. The number of hydrogen-bond donors (Lipinski definition) is 1. The standard InChI is InChI=1S/C26H20N4O4/c1-17-10-12-20(13-11-17)28-23(19-8-5-9-21(16-19)30(33)34)22-24(18-6-3-2-4-7-18)29(15-14-27)26(32)25(22)31/h2-13,16,24,28H,15H2,1H3. The summed E-state index contributed by atoms with van der Waals surface area (Å²) >= 11 is 0. The average Bonchev–Trinajstić information content (AvgIpc) is 3.09. The Bertz CT molecular complexity index is 1340. The fourth-order valence-electron chi connectivity index (χ4n) is 3.97. The molecule has 1 atom stereocenters. The summed E-state index contributed by atoms with van der Waals surface area (Å²) in [5, 5.41) is 24.0. The van der Waals surface area contributed by atoms with Crippen molar-refractivity contribution in [1.82, 2.24) is 4.90 Å². The highest BCUT2D eigenvalue weighted by atomic mass is 16.6. The fraction of sp³-hybridized carbons (Fsp3) is 0.115. The van der Waals surface area contributed by atoms with E-state index in [-0.39, 0.29) is 23.5 Å². The number of nitro groups is 1. The average molecular weight is 452 g/mol. The molecule has 168 valence electrons. The number of rotatable bonds is 6. The molecular weight excluding hydrogens is 432 g/mol. The SMILES string of the molecule is Cc1ccc(NC(=C2C(=O)C(=O)N(CC#N)C2c2ccccc2)c2cccc([N+](=O)[O-])c2)cc1. The Balaban J connectivity index is 1.99. The van der Waals surface area contributed by atoms with Gasteiger partial charge in [-0.15, -0.1) is 0 Å². The van der Waals surface area contributed by atoms with Crippen molar-refractivity contribution in [2.75, 3.05) is 11.9 Å². The molecule has 8 heteroatoms. The molecule has 34 heavy (non-hydrogen) atoms. The maximum Gasteiger partial charge on any atom is 0.296 e. The first kappa shape index (κ1) is 22.4. The van der Waals surface area contributed by atoms with Crippen LogP contribution in [-0.2, 0) is 9.59 Å². The molecule has 1 amide bonds. The molecule has 8 nitrogen and oxygen atoms in total. The first-order chi connectivity index (χ1) is 16.4. The Labute approximate surface area is 195 Å². The highest BCUT2D eigenvalue weighted by Gasteiger charge is 2.45. The second kappa shape index (κ2) is 9.38. The number of nitrogens with zero attached hydrogens (tertiary/aromatic N) is 3. The number of nitrogens with one attached hydrogen (secondary N) is 1. The van der Waals surface area contributed by atoms with Gasteiger partial charge in [-0.25, -0.2) is 0 Å². The van der Waals surface area contributed by atoms with Crippen molar-refractivity contribution in [3.05, 3.63) is 111 Å². The van der Waals surface area contributed by atoms with Gasteiger partial charge < -0.3 is 10.2 Å². The molecule has 3 aromatic carbocycles. The number of Topliss-reactive ketones (excluding diaryl/α,β-unsaturated/α-hetero) is 1. The van der Waals surface area contributed by atoms with E-state index in [1.807, 2.05) is 43.3 Å². The Kier molecular flexibility index (Phi) is 6.19. The van der Waals surface area contributed by atoms with Gasteiger partial charge >= 0.3 is 0 Å². The zero-order valence-electron chi connectivity index (χ0n) is 18.3. The lowest BCUT2D eigenvalue weighted by Crippen LogP contribution is -2.30. The topological polar surface area (TPSA) is 116 Å². The number of carbonyl (C=O) groups is 2. The van der Waals surface area contributed by atoms with Crippen molar-refractivity contribution in [1.29, 1.82) is 5.26 Å². The Hall–Kier alpha value is -4.77. The number of nitro benzene ring substituents is 1. The third kappa shape index (κ3) is 4.27. The second-order valence-electron chi connectivity index (χ2n) is 7.82. The molecule has 1 unspecified atom stereocenters. The van der Waals surface area contributed by atoms with Crippen LogP contribution in [0.5, 0.6) is 0 Å². The summed E-state index contributed by atoms with van der Waals surface area (Å²) < 4.78 is 0. The minimum atomic E-state index is -0.826. The third-order valence-corrected chi connectivity index (χ3v) is 5.58. The van der Waals surface area contributed by atoms with Gasteiger partial charge in [0.2, 0.25) is 0 Å². The third-order valence-electron chi connectivity index (χ3n) is 5.58. The molecule has 1 aliphatic rings. The van der Waals surface area contributed by atoms with Crippen LogP contribution >= 0.6 is 0 Å². The normalized spacial score (nSPS) is 16.8. The molecule has 1 aliphatic heterocycles. The number of amides is 1. The van der Waals surface area contributed by atoms with Crippen molar-refractivity contribution in [2.24, 2.45) is 0 Å². The first-order valence-corrected chi connectivity index (χ1v) is 10.5. The van der Waals surface area contributed by atoms with Gasteiger partial charge in [-0.2, -0.15) is 5.26 Å². The van der Waals surface area contributed by atoms with Crippen molar-refractivity contribution in [2.45, 2.75) is 13.0 Å². The number of nitriles is 1. The summed E-state index contributed by atoms with van der Waals surface area (Å²) in [5.41, 5.74) is 2.97. The number of non-ortho nitro benzene ring substituents is 1. The molecule has 0 saturated carbocycles. The number of aryl methyl sites for hydroxylation is 1. The van der Waals surface area contributed by atoms with Gasteiger partial charge in [0.05, 0.1) is 28.3 Å². The van der Waals surface area contributed by atoms with Gasteiger partial charge in [0, 0.05) is 23.4 Å². The van der Waals surface area contributed by atoms with Crippen LogP contribution in [-0.4, -0.2) is 28.1 Å². The predicted octanol–water partition coefficient (Wildman–Crippen LogP) is 4.40. The van der Waals surface area contributed by atoms with E-state index in [4.69, 9.17) is 0 Å². The molecule has 0 bridgehead atoms. The van der Waals surface area contributed by atoms with Gasteiger partial charge in [-0.3, -0.25) is 19.7 Å². The number of benzene rings is 3. The summed E-state index contributed by atoms with van der Waals surface area (Å²) in [6, 6.07) is 23.4. The largest absolute Gasteiger partial charge is 0.355 e. The van der Waals surface area contributed by atoms with E-state index in [1.165, 1.54) is 23.1 Å². The molecule has 1 fully saturated rings. The smallest absolute Gasteiger partial charge is 0.296 e. The van der Waals surface area contributed by atoms with E-state index < -0.39 is 22.7 Å². The highest BCUT2D eigenvalue weighted by molar-refractivity contribution is 6.47. The van der Waals surface area contributed by atoms with Crippen LogP contribution in [0, 0.1) is 28.4 Å². The molecule has 1 heterocycles. The molecule has 1 N–H and O–H groups in total. The summed E-state index contributed by atoms with van der Waals surface area (Å²) in [6.07, 6.45) is 0. The van der Waals surface area contributed by atoms with Crippen LogP contribution in [0.15, 0.2) is 84.4 Å². The number of hydrogen-bond acceptors (Lipinski definition) is 6.